The quantitative estimate of drug-likeness (QED) is 0.264. The fourth-order valence-electron chi connectivity index (χ4n) is 5.34. The van der Waals surface area contributed by atoms with Gasteiger partial charge in [0.1, 0.15) is 17.4 Å². The summed E-state index contributed by atoms with van der Waals surface area (Å²) in [5.74, 6) is -2.34. The van der Waals surface area contributed by atoms with Gasteiger partial charge in [0.15, 0.2) is 0 Å². The maximum Gasteiger partial charge on any atom is 0.248 e. The molecule has 1 aliphatic carbocycles. The van der Waals surface area contributed by atoms with Crippen molar-refractivity contribution in [1.82, 2.24) is 4.98 Å². The highest BCUT2D eigenvalue weighted by molar-refractivity contribution is 5.94. The average Bonchev–Trinajstić information content (AvgIpc) is 3.29. The maximum absolute atomic E-state index is 14.1. The molecule has 2 N–H and O–H groups in total. The Morgan fingerprint density at radius 2 is 1.74 bits per heavy atom. The number of fused-ring (bicyclic) bond motifs is 1. The van der Waals surface area contributed by atoms with Crippen molar-refractivity contribution in [3.8, 4) is 11.1 Å². The van der Waals surface area contributed by atoms with E-state index in [-0.39, 0.29) is 25.0 Å². The van der Waals surface area contributed by atoms with Crippen molar-refractivity contribution in [1.29, 1.82) is 0 Å². The van der Waals surface area contributed by atoms with Gasteiger partial charge in [0.2, 0.25) is 5.91 Å². The van der Waals surface area contributed by atoms with Crippen molar-refractivity contribution in [3.63, 3.8) is 0 Å². The molecule has 4 nitrogen and oxygen atoms in total. The van der Waals surface area contributed by atoms with Crippen LogP contribution in [0.5, 0.6) is 0 Å². The highest BCUT2D eigenvalue weighted by atomic mass is 19.1. The molecule has 0 aliphatic heterocycles. The highest BCUT2D eigenvalue weighted by Gasteiger charge is 2.24. The van der Waals surface area contributed by atoms with Gasteiger partial charge in [-0.25, -0.2) is 8.78 Å². The first-order valence-corrected chi connectivity index (χ1v) is 12.9. The summed E-state index contributed by atoms with van der Waals surface area (Å²) < 4.78 is 28.2. The summed E-state index contributed by atoms with van der Waals surface area (Å²) in [6.45, 7) is 2.03. The molecule has 0 unspecified atom stereocenters. The number of aromatic nitrogens is 1. The van der Waals surface area contributed by atoms with Crippen molar-refractivity contribution in [3.05, 3.63) is 130 Å². The monoisotopic (exact) mass is 522 g/mol. The second-order valence-electron chi connectivity index (χ2n) is 10.1. The van der Waals surface area contributed by atoms with E-state index in [1.54, 1.807) is 30.5 Å². The van der Waals surface area contributed by atoms with Gasteiger partial charge in [0.25, 0.3) is 0 Å². The summed E-state index contributed by atoms with van der Waals surface area (Å²) in [6.07, 6.45) is 5.15. The number of carbonyl (C=O) groups is 2. The molecule has 0 spiro atoms. The summed E-state index contributed by atoms with van der Waals surface area (Å²) in [5.41, 5.74) is 12.8. The minimum atomic E-state index is -0.673. The lowest BCUT2D eigenvalue weighted by atomic mass is 9.85. The summed E-state index contributed by atoms with van der Waals surface area (Å²) in [6, 6.07) is 20.2. The standard InChI is InChI=1S/C33H28F2N2O2/c1-20-7-8-22-9-10-24(31(22)12-20)17-29(38)18-26(13-21-14-27(34)19-28(35)15-21)32-30(6-3-11-37-32)23-4-2-5-25(16-23)33(36)39/h2-8,10-12,14-16,19,26H,9,13,17-18H2,1H3,(H2,36,39)/t26-/m1/s1. The Morgan fingerprint density at radius 3 is 2.51 bits per heavy atom. The second kappa shape index (κ2) is 11.1. The molecule has 1 heterocycles. The summed E-state index contributed by atoms with van der Waals surface area (Å²) in [7, 11) is 0. The van der Waals surface area contributed by atoms with Crippen molar-refractivity contribution in [2.45, 2.75) is 38.5 Å². The van der Waals surface area contributed by atoms with Gasteiger partial charge in [-0.3, -0.25) is 14.6 Å². The number of allylic oxidation sites excluding steroid dienone is 2. The Hall–Kier alpha value is -4.45. The van der Waals surface area contributed by atoms with E-state index in [1.165, 1.54) is 17.7 Å². The molecule has 0 radical (unpaired) electrons. The van der Waals surface area contributed by atoms with Crippen LogP contribution in [0.4, 0.5) is 8.78 Å². The van der Waals surface area contributed by atoms with Gasteiger partial charge in [-0.05, 0) is 77.9 Å². The van der Waals surface area contributed by atoms with Gasteiger partial charge in [0.05, 0.1) is 5.69 Å². The first-order chi connectivity index (χ1) is 18.8. The van der Waals surface area contributed by atoms with E-state index in [0.717, 1.165) is 40.3 Å². The van der Waals surface area contributed by atoms with Gasteiger partial charge in [0, 0.05) is 42.1 Å². The molecule has 6 heteroatoms. The van der Waals surface area contributed by atoms with Crippen LogP contribution in [0, 0.1) is 18.6 Å². The normalized spacial score (nSPS) is 13.1. The van der Waals surface area contributed by atoms with Crippen LogP contribution in [-0.2, 0) is 17.6 Å². The number of primary amides is 1. The third-order valence-corrected chi connectivity index (χ3v) is 7.13. The Kier molecular flexibility index (Phi) is 7.46. The van der Waals surface area contributed by atoms with Crippen molar-refractivity contribution >= 4 is 17.3 Å². The zero-order valence-corrected chi connectivity index (χ0v) is 21.6. The van der Waals surface area contributed by atoms with Crippen molar-refractivity contribution in [2.24, 2.45) is 5.73 Å². The summed E-state index contributed by atoms with van der Waals surface area (Å²) in [4.78, 5) is 30.0. The molecule has 39 heavy (non-hydrogen) atoms. The number of pyridine rings is 1. The predicted molar refractivity (Wildman–Crippen MR) is 148 cm³/mol. The van der Waals surface area contributed by atoms with Crippen LogP contribution in [0.2, 0.25) is 0 Å². The Morgan fingerprint density at radius 1 is 0.949 bits per heavy atom. The van der Waals surface area contributed by atoms with Crippen LogP contribution in [0.3, 0.4) is 0 Å². The van der Waals surface area contributed by atoms with Crippen molar-refractivity contribution in [2.75, 3.05) is 0 Å². The Balaban J connectivity index is 1.49. The van der Waals surface area contributed by atoms with E-state index < -0.39 is 23.5 Å². The second-order valence-corrected chi connectivity index (χ2v) is 10.1. The van der Waals surface area contributed by atoms with Crippen LogP contribution < -0.4 is 5.73 Å². The SMILES string of the molecule is Cc1ccc2c(c1)C(CC(=O)C[C@@H](Cc1cc(F)cc(F)c1)c1ncccc1-c1cccc(C(N)=O)c1)=CC2. The number of rotatable bonds is 9. The molecule has 196 valence electrons. The zero-order valence-electron chi connectivity index (χ0n) is 21.6. The first-order valence-electron chi connectivity index (χ1n) is 12.9. The smallest absolute Gasteiger partial charge is 0.248 e. The molecule has 1 aromatic heterocycles. The zero-order chi connectivity index (χ0) is 27.5. The largest absolute Gasteiger partial charge is 0.366 e. The molecule has 1 aliphatic rings. The number of aryl methyl sites for hydroxylation is 1. The average molecular weight is 523 g/mol. The molecule has 5 rings (SSSR count). The number of hydrogen-bond donors (Lipinski definition) is 1. The Bertz CT molecular complexity index is 1590. The third-order valence-electron chi connectivity index (χ3n) is 7.13. The number of hydrogen-bond acceptors (Lipinski definition) is 3. The van der Waals surface area contributed by atoms with Crippen LogP contribution in [0.25, 0.3) is 16.7 Å². The fourth-order valence-corrected chi connectivity index (χ4v) is 5.34. The van der Waals surface area contributed by atoms with E-state index in [9.17, 15) is 18.4 Å². The lowest BCUT2D eigenvalue weighted by Crippen LogP contribution is -2.14. The lowest BCUT2D eigenvalue weighted by Gasteiger charge is -2.20. The van der Waals surface area contributed by atoms with Gasteiger partial charge in [-0.15, -0.1) is 0 Å². The van der Waals surface area contributed by atoms with E-state index in [0.29, 0.717) is 16.8 Å². The molecule has 0 fully saturated rings. The third kappa shape index (κ3) is 6.01. The number of nitrogens with two attached hydrogens (primary N) is 1. The van der Waals surface area contributed by atoms with Gasteiger partial charge in [-0.1, -0.05) is 48.0 Å². The molecule has 4 aromatic rings. The van der Waals surface area contributed by atoms with E-state index in [4.69, 9.17) is 5.73 Å². The van der Waals surface area contributed by atoms with Crippen molar-refractivity contribution < 1.29 is 18.4 Å². The molecular formula is C33H28F2N2O2. The topological polar surface area (TPSA) is 73.1 Å². The van der Waals surface area contributed by atoms with E-state index >= 15 is 0 Å². The molecule has 0 bridgehead atoms. The summed E-state index contributed by atoms with van der Waals surface area (Å²) >= 11 is 0. The fraction of sp³-hybridized carbons (Fsp3) is 0.182. The molecular weight excluding hydrogens is 494 g/mol. The van der Waals surface area contributed by atoms with Gasteiger partial charge in [-0.2, -0.15) is 0 Å². The maximum atomic E-state index is 14.1. The number of halogens is 2. The van der Waals surface area contributed by atoms with E-state index in [1.807, 2.05) is 19.1 Å². The minimum Gasteiger partial charge on any atom is -0.366 e. The minimum absolute atomic E-state index is 0.0139. The van der Waals surface area contributed by atoms with E-state index in [2.05, 4.69) is 29.3 Å². The molecule has 0 saturated heterocycles. The molecule has 1 amide bonds. The predicted octanol–water partition coefficient (Wildman–Crippen LogP) is 6.75. The van der Waals surface area contributed by atoms with Crippen LogP contribution in [-0.4, -0.2) is 16.7 Å². The number of ketones is 1. The molecule has 3 aromatic carbocycles. The number of carbonyl (C=O) groups excluding carboxylic acids is 2. The molecule has 0 saturated carbocycles. The summed E-state index contributed by atoms with van der Waals surface area (Å²) in [5, 5.41) is 0. The van der Waals surface area contributed by atoms with Gasteiger partial charge < -0.3 is 5.73 Å². The number of amides is 1. The number of Topliss-reactive ketones (excluding diaryl/α,β-unsaturated/α-hetero) is 1. The molecule has 1 atom stereocenters. The van der Waals surface area contributed by atoms with Crippen LogP contribution >= 0.6 is 0 Å². The lowest BCUT2D eigenvalue weighted by molar-refractivity contribution is -0.118. The highest BCUT2D eigenvalue weighted by Crippen LogP contribution is 2.35. The number of benzene rings is 3. The first kappa shape index (κ1) is 26.2. The number of nitrogens with zero attached hydrogens (tertiary/aromatic N) is 1. The van der Waals surface area contributed by atoms with Gasteiger partial charge >= 0.3 is 0 Å². The van der Waals surface area contributed by atoms with Crippen LogP contribution in [0.1, 0.15) is 57.1 Å². The Labute approximate surface area is 226 Å². The van der Waals surface area contributed by atoms with Crippen LogP contribution in [0.15, 0.2) is 85.1 Å².